The standard InChI is InChI=1S/C12H15NO5/c1-12(2,3)18-11(15)10-8(7-14)5-4-6-9(10)13(16)17/h4-6,14H,7H2,1-3H3. The molecule has 6 heteroatoms. The highest BCUT2D eigenvalue weighted by molar-refractivity contribution is 5.95. The average molecular weight is 253 g/mol. The van der Waals surface area contributed by atoms with Gasteiger partial charge in [-0.15, -0.1) is 0 Å². The zero-order valence-electron chi connectivity index (χ0n) is 10.5. The van der Waals surface area contributed by atoms with Gasteiger partial charge in [0, 0.05) is 6.07 Å². The number of hydrogen-bond donors (Lipinski definition) is 1. The number of esters is 1. The molecule has 18 heavy (non-hydrogen) atoms. The number of aliphatic hydroxyl groups is 1. The Kier molecular flexibility index (Phi) is 4.03. The monoisotopic (exact) mass is 253 g/mol. The molecule has 1 rings (SSSR count). The van der Waals surface area contributed by atoms with Crippen LogP contribution in [0.4, 0.5) is 5.69 Å². The van der Waals surface area contributed by atoms with Crippen molar-refractivity contribution in [3.63, 3.8) is 0 Å². The Hall–Kier alpha value is -1.95. The van der Waals surface area contributed by atoms with E-state index in [1.54, 1.807) is 20.8 Å². The maximum Gasteiger partial charge on any atom is 0.346 e. The summed E-state index contributed by atoms with van der Waals surface area (Å²) in [4.78, 5) is 22.1. The molecule has 0 saturated carbocycles. The Balaban J connectivity index is 3.28. The summed E-state index contributed by atoms with van der Waals surface area (Å²) in [5, 5.41) is 20.0. The fraction of sp³-hybridized carbons (Fsp3) is 0.417. The number of nitro benzene ring substituents is 1. The topological polar surface area (TPSA) is 89.7 Å². The van der Waals surface area contributed by atoms with E-state index in [1.165, 1.54) is 18.2 Å². The molecule has 0 aliphatic rings. The van der Waals surface area contributed by atoms with E-state index in [0.29, 0.717) is 0 Å². The molecule has 1 N–H and O–H groups in total. The first-order chi connectivity index (χ1) is 8.26. The van der Waals surface area contributed by atoms with Gasteiger partial charge in [-0.2, -0.15) is 0 Å². The second-order valence-electron chi connectivity index (χ2n) is 4.73. The van der Waals surface area contributed by atoms with Crippen LogP contribution in [-0.2, 0) is 11.3 Å². The molecule has 0 aliphatic heterocycles. The summed E-state index contributed by atoms with van der Waals surface area (Å²) in [5.74, 6) is -0.807. The van der Waals surface area contributed by atoms with E-state index >= 15 is 0 Å². The van der Waals surface area contributed by atoms with Gasteiger partial charge in [-0.1, -0.05) is 12.1 Å². The van der Waals surface area contributed by atoms with Gasteiger partial charge in [-0.3, -0.25) is 10.1 Å². The van der Waals surface area contributed by atoms with Gasteiger partial charge in [0.25, 0.3) is 5.69 Å². The molecule has 98 valence electrons. The van der Waals surface area contributed by atoms with Gasteiger partial charge < -0.3 is 9.84 Å². The summed E-state index contributed by atoms with van der Waals surface area (Å²) < 4.78 is 5.10. The van der Waals surface area contributed by atoms with E-state index in [2.05, 4.69) is 0 Å². The molecule has 0 spiro atoms. The Morgan fingerprint density at radius 1 is 1.44 bits per heavy atom. The molecule has 0 unspecified atom stereocenters. The lowest BCUT2D eigenvalue weighted by Gasteiger charge is -2.20. The summed E-state index contributed by atoms with van der Waals surface area (Å²) in [7, 11) is 0. The second kappa shape index (κ2) is 5.14. The first kappa shape index (κ1) is 14.1. The van der Waals surface area contributed by atoms with Crippen molar-refractivity contribution in [1.29, 1.82) is 0 Å². The van der Waals surface area contributed by atoms with Crippen LogP contribution in [0, 0.1) is 10.1 Å². The molecule has 0 amide bonds. The normalized spacial score (nSPS) is 11.1. The third-order valence-corrected chi connectivity index (χ3v) is 2.10. The van der Waals surface area contributed by atoms with Crippen molar-refractivity contribution < 1.29 is 19.6 Å². The maximum atomic E-state index is 11.9. The number of rotatable bonds is 3. The van der Waals surface area contributed by atoms with Crippen LogP contribution < -0.4 is 0 Å². The van der Waals surface area contributed by atoms with Gasteiger partial charge in [0.05, 0.1) is 11.5 Å². The fourth-order valence-corrected chi connectivity index (χ4v) is 1.44. The lowest BCUT2D eigenvalue weighted by atomic mass is 10.1. The zero-order valence-corrected chi connectivity index (χ0v) is 10.5. The molecule has 0 radical (unpaired) electrons. The molecule has 0 heterocycles. The van der Waals surface area contributed by atoms with Crippen molar-refractivity contribution in [1.82, 2.24) is 0 Å². The zero-order chi connectivity index (χ0) is 13.9. The minimum absolute atomic E-state index is 0.179. The van der Waals surface area contributed by atoms with E-state index in [9.17, 15) is 14.9 Å². The Morgan fingerprint density at radius 2 is 2.06 bits per heavy atom. The summed E-state index contributed by atoms with van der Waals surface area (Å²) in [6, 6.07) is 4.07. The highest BCUT2D eigenvalue weighted by Gasteiger charge is 2.28. The molecule has 6 nitrogen and oxygen atoms in total. The number of nitro groups is 1. The molecule has 0 saturated heterocycles. The van der Waals surface area contributed by atoms with Gasteiger partial charge in [0.15, 0.2) is 0 Å². The molecule has 0 aliphatic carbocycles. The number of aliphatic hydroxyl groups excluding tert-OH is 1. The predicted molar refractivity (Wildman–Crippen MR) is 64.2 cm³/mol. The second-order valence-corrected chi connectivity index (χ2v) is 4.73. The van der Waals surface area contributed by atoms with Gasteiger partial charge in [0.1, 0.15) is 11.2 Å². The number of hydrogen-bond acceptors (Lipinski definition) is 5. The highest BCUT2D eigenvalue weighted by atomic mass is 16.6. The smallest absolute Gasteiger partial charge is 0.346 e. The van der Waals surface area contributed by atoms with Crippen molar-refractivity contribution in [3.05, 3.63) is 39.4 Å². The van der Waals surface area contributed by atoms with Crippen molar-refractivity contribution >= 4 is 11.7 Å². The third-order valence-electron chi connectivity index (χ3n) is 2.10. The van der Waals surface area contributed by atoms with Gasteiger partial charge in [-0.05, 0) is 26.3 Å². The molecular weight excluding hydrogens is 238 g/mol. The summed E-state index contributed by atoms with van der Waals surface area (Å²) in [6.07, 6.45) is 0. The Bertz CT molecular complexity index is 476. The van der Waals surface area contributed by atoms with Crippen LogP contribution in [0.25, 0.3) is 0 Å². The lowest BCUT2D eigenvalue weighted by molar-refractivity contribution is -0.385. The third kappa shape index (κ3) is 3.27. The maximum absolute atomic E-state index is 11.9. The quantitative estimate of drug-likeness (QED) is 0.505. The number of benzene rings is 1. The summed E-state index contributed by atoms with van der Waals surface area (Å²) in [6.45, 7) is 4.53. The van der Waals surface area contributed by atoms with Crippen molar-refractivity contribution in [2.75, 3.05) is 0 Å². The number of ether oxygens (including phenoxy) is 1. The van der Waals surface area contributed by atoms with Crippen LogP contribution in [0.2, 0.25) is 0 Å². The minimum atomic E-state index is -0.807. The summed E-state index contributed by atoms with van der Waals surface area (Å²) in [5.41, 5.74) is -1.14. The van der Waals surface area contributed by atoms with Crippen molar-refractivity contribution in [2.24, 2.45) is 0 Å². The van der Waals surface area contributed by atoms with Crippen LogP contribution in [0.5, 0.6) is 0 Å². The van der Waals surface area contributed by atoms with Crippen molar-refractivity contribution in [2.45, 2.75) is 33.0 Å². The van der Waals surface area contributed by atoms with Crippen molar-refractivity contribution in [3.8, 4) is 0 Å². The van der Waals surface area contributed by atoms with Crippen LogP contribution in [0.3, 0.4) is 0 Å². The van der Waals surface area contributed by atoms with E-state index in [4.69, 9.17) is 9.84 Å². The van der Waals surface area contributed by atoms with Crippen LogP contribution in [-0.4, -0.2) is 21.6 Å². The van der Waals surface area contributed by atoms with Gasteiger partial charge >= 0.3 is 5.97 Å². The summed E-state index contributed by atoms with van der Waals surface area (Å²) >= 11 is 0. The fourth-order valence-electron chi connectivity index (χ4n) is 1.44. The molecule has 0 atom stereocenters. The molecule has 0 fully saturated rings. The average Bonchev–Trinajstić information content (AvgIpc) is 2.25. The number of nitrogens with zero attached hydrogens (tertiary/aromatic N) is 1. The van der Waals surface area contributed by atoms with Crippen LogP contribution in [0.15, 0.2) is 18.2 Å². The number of carbonyl (C=O) groups is 1. The number of carbonyl (C=O) groups excluding carboxylic acids is 1. The molecule has 0 aromatic heterocycles. The first-order valence-corrected chi connectivity index (χ1v) is 5.36. The highest BCUT2D eigenvalue weighted by Crippen LogP contribution is 2.25. The molecular formula is C12H15NO5. The van der Waals surface area contributed by atoms with Gasteiger partial charge in [0.2, 0.25) is 0 Å². The Labute approximate surface area is 104 Å². The predicted octanol–water partition coefficient (Wildman–Crippen LogP) is 2.04. The molecule has 1 aromatic rings. The Morgan fingerprint density at radius 3 is 2.50 bits per heavy atom. The van der Waals surface area contributed by atoms with E-state index in [-0.39, 0.29) is 16.8 Å². The molecule has 1 aromatic carbocycles. The SMILES string of the molecule is CC(C)(C)OC(=O)c1c(CO)cccc1[N+](=O)[O-]. The van der Waals surface area contributed by atoms with Crippen LogP contribution >= 0.6 is 0 Å². The van der Waals surface area contributed by atoms with E-state index < -0.39 is 23.1 Å². The lowest BCUT2D eigenvalue weighted by Crippen LogP contribution is -2.25. The van der Waals surface area contributed by atoms with E-state index in [0.717, 1.165) is 0 Å². The largest absolute Gasteiger partial charge is 0.456 e. The first-order valence-electron chi connectivity index (χ1n) is 5.36. The van der Waals surface area contributed by atoms with E-state index in [1.807, 2.05) is 0 Å². The minimum Gasteiger partial charge on any atom is -0.456 e. The van der Waals surface area contributed by atoms with Crippen LogP contribution in [0.1, 0.15) is 36.7 Å². The molecule has 0 bridgehead atoms. The van der Waals surface area contributed by atoms with Gasteiger partial charge in [-0.25, -0.2) is 4.79 Å².